The maximum Gasteiger partial charge on any atom is 0.303 e. The van der Waals surface area contributed by atoms with Crippen molar-refractivity contribution in [1.82, 2.24) is 0 Å². The zero-order valence-electron chi connectivity index (χ0n) is 17.9. The number of aliphatic hydroxyl groups excluding tert-OH is 2. The Labute approximate surface area is 170 Å². The molecule has 0 aromatic heterocycles. The lowest BCUT2D eigenvalue weighted by Gasteiger charge is -2.62. The first kappa shape index (κ1) is 20.7. The molecule has 3 N–H and O–H groups in total. The molecule has 4 heteroatoms. The molecule has 0 heterocycles. The summed E-state index contributed by atoms with van der Waals surface area (Å²) in [6.07, 6.45) is 9.16. The quantitative estimate of drug-likeness (QED) is 0.659. The van der Waals surface area contributed by atoms with Crippen molar-refractivity contribution in [2.24, 2.45) is 46.3 Å². The summed E-state index contributed by atoms with van der Waals surface area (Å²) in [5.74, 6) is 2.61. The van der Waals surface area contributed by atoms with Crippen LogP contribution in [0, 0.1) is 46.3 Å². The van der Waals surface area contributed by atoms with E-state index in [-0.39, 0.29) is 30.0 Å². The van der Waals surface area contributed by atoms with Crippen LogP contribution in [0.5, 0.6) is 0 Å². The number of hydrogen-bond donors (Lipinski definition) is 3. The van der Waals surface area contributed by atoms with Gasteiger partial charge in [0.2, 0.25) is 0 Å². The Morgan fingerprint density at radius 1 is 0.964 bits per heavy atom. The second-order valence-corrected chi connectivity index (χ2v) is 11.4. The van der Waals surface area contributed by atoms with Gasteiger partial charge in [0.15, 0.2) is 0 Å². The van der Waals surface area contributed by atoms with Gasteiger partial charge < -0.3 is 15.3 Å². The molecule has 0 aliphatic heterocycles. The van der Waals surface area contributed by atoms with Crippen LogP contribution in [0.3, 0.4) is 0 Å². The topological polar surface area (TPSA) is 77.8 Å². The molecule has 0 aromatic carbocycles. The minimum absolute atomic E-state index is 0.176. The summed E-state index contributed by atoms with van der Waals surface area (Å²) in [6, 6.07) is 0. The molecule has 4 fully saturated rings. The average Bonchev–Trinajstić information content (AvgIpc) is 2.99. The van der Waals surface area contributed by atoms with E-state index < -0.39 is 5.97 Å². The highest BCUT2D eigenvalue weighted by molar-refractivity contribution is 5.66. The number of rotatable bonds is 4. The van der Waals surface area contributed by atoms with E-state index in [1.807, 2.05) is 0 Å². The first-order chi connectivity index (χ1) is 13.2. The van der Waals surface area contributed by atoms with Gasteiger partial charge in [-0.2, -0.15) is 0 Å². The summed E-state index contributed by atoms with van der Waals surface area (Å²) in [7, 11) is 0. The minimum Gasteiger partial charge on any atom is -0.481 e. The van der Waals surface area contributed by atoms with Crippen LogP contribution < -0.4 is 0 Å². The lowest BCUT2D eigenvalue weighted by Crippen LogP contribution is -2.58. The van der Waals surface area contributed by atoms with Crippen molar-refractivity contribution in [1.29, 1.82) is 0 Å². The van der Waals surface area contributed by atoms with Crippen molar-refractivity contribution in [3.8, 4) is 0 Å². The van der Waals surface area contributed by atoms with Gasteiger partial charge in [-0.15, -0.1) is 0 Å². The monoisotopic (exact) mass is 392 g/mol. The maximum absolute atomic E-state index is 11.1. The first-order valence-electron chi connectivity index (χ1n) is 11.7. The van der Waals surface area contributed by atoms with E-state index in [0.717, 1.165) is 32.1 Å². The molecule has 4 nitrogen and oxygen atoms in total. The molecule has 4 saturated carbocycles. The Morgan fingerprint density at radius 2 is 1.64 bits per heavy atom. The molecule has 28 heavy (non-hydrogen) atoms. The molecule has 4 rings (SSSR count). The second-order valence-electron chi connectivity index (χ2n) is 11.4. The standard InChI is InChI=1S/C24H40O4/c1-14(4-7-22(27)28)17-5-6-18-16-13-21(26)20-12-15(25)8-10-24(20,3)19(16)9-11-23(17,18)2/h14-21,25-26H,4-13H2,1-3H3,(H,27,28)/t14?,15?,16-,17?,18-,19-,20?,21?,23?,24+/m0/s1. The lowest BCUT2D eigenvalue weighted by molar-refractivity contribution is -0.172. The lowest BCUT2D eigenvalue weighted by atomic mass is 9.44. The van der Waals surface area contributed by atoms with Crippen LogP contribution >= 0.6 is 0 Å². The van der Waals surface area contributed by atoms with Crippen LogP contribution in [-0.4, -0.2) is 33.5 Å². The van der Waals surface area contributed by atoms with Gasteiger partial charge in [0.05, 0.1) is 12.2 Å². The number of fused-ring (bicyclic) bond motifs is 5. The van der Waals surface area contributed by atoms with Crippen molar-refractivity contribution >= 4 is 5.97 Å². The molecule has 0 radical (unpaired) electrons. The summed E-state index contributed by atoms with van der Waals surface area (Å²) < 4.78 is 0. The van der Waals surface area contributed by atoms with Crippen LogP contribution in [0.2, 0.25) is 0 Å². The Morgan fingerprint density at radius 3 is 2.36 bits per heavy atom. The summed E-state index contributed by atoms with van der Waals surface area (Å²) in [5, 5.41) is 30.4. The molecule has 160 valence electrons. The molecule has 0 aromatic rings. The van der Waals surface area contributed by atoms with E-state index in [1.54, 1.807) is 0 Å². The second kappa shape index (κ2) is 7.27. The Kier molecular flexibility index (Phi) is 5.36. The smallest absolute Gasteiger partial charge is 0.303 e. The zero-order valence-corrected chi connectivity index (χ0v) is 17.9. The average molecular weight is 393 g/mol. The molecular weight excluding hydrogens is 352 g/mol. The van der Waals surface area contributed by atoms with Gasteiger partial charge in [-0.1, -0.05) is 20.8 Å². The molecule has 4 aliphatic rings. The van der Waals surface area contributed by atoms with Gasteiger partial charge >= 0.3 is 5.97 Å². The third-order valence-electron chi connectivity index (χ3n) is 10.2. The molecule has 0 spiro atoms. The van der Waals surface area contributed by atoms with Gasteiger partial charge in [0.25, 0.3) is 0 Å². The predicted molar refractivity (Wildman–Crippen MR) is 109 cm³/mol. The van der Waals surface area contributed by atoms with Crippen molar-refractivity contribution in [2.75, 3.05) is 0 Å². The predicted octanol–water partition coefficient (Wildman–Crippen LogP) is 4.48. The van der Waals surface area contributed by atoms with Crippen LogP contribution in [0.1, 0.15) is 85.0 Å². The highest BCUT2D eigenvalue weighted by Crippen LogP contribution is 2.68. The van der Waals surface area contributed by atoms with Gasteiger partial charge in [0.1, 0.15) is 0 Å². The molecule has 0 bridgehead atoms. The van der Waals surface area contributed by atoms with Crippen LogP contribution in [0.25, 0.3) is 0 Å². The Balaban J connectivity index is 1.55. The van der Waals surface area contributed by atoms with E-state index >= 15 is 0 Å². The Hall–Kier alpha value is -0.610. The normalized spacial score (nSPS) is 51.7. The summed E-state index contributed by atoms with van der Waals surface area (Å²) >= 11 is 0. The molecule has 10 atom stereocenters. The SMILES string of the molecule is CC(CCC(=O)O)C1CC[C@H]2[C@@H]3CC(O)C4CC(O)CC[C@]4(C)[C@H]3CCC12C. The van der Waals surface area contributed by atoms with Crippen molar-refractivity contribution in [3.05, 3.63) is 0 Å². The van der Waals surface area contributed by atoms with Gasteiger partial charge in [0, 0.05) is 6.42 Å². The van der Waals surface area contributed by atoms with Crippen molar-refractivity contribution < 1.29 is 20.1 Å². The summed E-state index contributed by atoms with van der Waals surface area (Å²) in [6.45, 7) is 7.16. The summed E-state index contributed by atoms with van der Waals surface area (Å²) in [5.41, 5.74) is 0.478. The van der Waals surface area contributed by atoms with Crippen molar-refractivity contribution in [2.45, 2.75) is 97.2 Å². The van der Waals surface area contributed by atoms with Gasteiger partial charge in [-0.05, 0) is 104 Å². The van der Waals surface area contributed by atoms with Gasteiger partial charge in [-0.25, -0.2) is 0 Å². The first-order valence-corrected chi connectivity index (χ1v) is 11.7. The fraction of sp³-hybridized carbons (Fsp3) is 0.958. The molecule has 0 saturated heterocycles. The molecule has 0 amide bonds. The van der Waals surface area contributed by atoms with Crippen LogP contribution in [0.15, 0.2) is 0 Å². The zero-order chi connectivity index (χ0) is 20.3. The Bertz CT molecular complexity index is 605. The molecular formula is C24H40O4. The molecule has 4 aliphatic carbocycles. The number of carbonyl (C=O) groups is 1. The van der Waals surface area contributed by atoms with E-state index in [4.69, 9.17) is 5.11 Å². The molecule has 6 unspecified atom stereocenters. The fourth-order valence-electron chi connectivity index (χ4n) is 8.81. The van der Waals surface area contributed by atoms with Gasteiger partial charge in [-0.3, -0.25) is 4.79 Å². The highest BCUT2D eigenvalue weighted by atomic mass is 16.4. The third-order valence-corrected chi connectivity index (χ3v) is 10.2. The van der Waals surface area contributed by atoms with Crippen LogP contribution in [-0.2, 0) is 4.79 Å². The number of aliphatic carboxylic acids is 1. The number of hydrogen-bond acceptors (Lipinski definition) is 3. The van der Waals surface area contributed by atoms with Crippen molar-refractivity contribution in [3.63, 3.8) is 0 Å². The van der Waals surface area contributed by atoms with E-state index in [9.17, 15) is 15.0 Å². The highest BCUT2D eigenvalue weighted by Gasteiger charge is 2.62. The number of carboxylic acids is 1. The number of aliphatic hydroxyl groups is 2. The number of carboxylic acid groups (broad SMARTS) is 1. The van der Waals surface area contributed by atoms with E-state index in [1.165, 1.54) is 25.7 Å². The summed E-state index contributed by atoms with van der Waals surface area (Å²) in [4.78, 5) is 11.1. The fourth-order valence-corrected chi connectivity index (χ4v) is 8.81. The maximum atomic E-state index is 11.1. The third kappa shape index (κ3) is 3.14. The van der Waals surface area contributed by atoms with E-state index in [2.05, 4.69) is 20.8 Å². The minimum atomic E-state index is -0.677. The van der Waals surface area contributed by atoms with E-state index in [0.29, 0.717) is 35.0 Å². The van der Waals surface area contributed by atoms with Crippen LogP contribution in [0.4, 0.5) is 0 Å². The largest absolute Gasteiger partial charge is 0.481 e.